The predicted octanol–water partition coefficient (Wildman–Crippen LogP) is 1.68. The van der Waals surface area contributed by atoms with Crippen LogP contribution in [-0.4, -0.2) is 46.5 Å². The summed E-state index contributed by atoms with van der Waals surface area (Å²) < 4.78 is 5.29. The lowest BCUT2D eigenvalue weighted by atomic mass is 9.65. The molecule has 1 saturated carbocycles. The van der Waals surface area contributed by atoms with E-state index >= 15 is 0 Å². The van der Waals surface area contributed by atoms with Gasteiger partial charge in [0.1, 0.15) is 11.0 Å². The Kier molecular flexibility index (Phi) is 3.52. The average Bonchev–Trinajstić information content (AvgIpc) is 2.25. The highest BCUT2D eigenvalue weighted by Gasteiger charge is 2.56. The highest BCUT2D eigenvalue weighted by Crippen LogP contribution is 2.41. The molecule has 1 heterocycles. The molecule has 0 aromatic carbocycles. The van der Waals surface area contributed by atoms with Crippen molar-refractivity contribution in [3.8, 4) is 0 Å². The van der Waals surface area contributed by atoms with Crippen LogP contribution in [0.4, 0.5) is 4.79 Å². The molecule has 2 bridgehead atoms. The number of carboxylic acid groups (broad SMARTS) is 1. The van der Waals surface area contributed by atoms with Crippen molar-refractivity contribution in [2.24, 2.45) is 11.3 Å². The van der Waals surface area contributed by atoms with Crippen molar-refractivity contribution >= 4 is 17.8 Å². The number of likely N-dealkylation sites (tertiary alicyclic amines) is 1. The largest absolute Gasteiger partial charge is 0.480 e. The summed E-state index contributed by atoms with van der Waals surface area (Å²) in [7, 11) is 0. The SMILES string of the molecule is CC(C)(C)OC(=O)N1CC2CCCC(C(=O)O)(C1)C2=O. The Morgan fingerprint density at radius 1 is 1.40 bits per heavy atom. The molecule has 0 spiro atoms. The first-order chi connectivity index (χ1) is 9.16. The van der Waals surface area contributed by atoms with Crippen molar-refractivity contribution in [2.75, 3.05) is 13.1 Å². The predicted molar refractivity (Wildman–Crippen MR) is 70.2 cm³/mol. The van der Waals surface area contributed by atoms with Crippen LogP contribution >= 0.6 is 0 Å². The van der Waals surface area contributed by atoms with Crippen LogP contribution < -0.4 is 0 Å². The summed E-state index contributed by atoms with van der Waals surface area (Å²) in [6.07, 6.45) is 1.12. The normalized spacial score (nSPS) is 30.1. The number of aliphatic carboxylic acids is 1. The van der Waals surface area contributed by atoms with Crippen molar-refractivity contribution in [3.05, 3.63) is 0 Å². The minimum atomic E-state index is -1.43. The Labute approximate surface area is 118 Å². The quantitative estimate of drug-likeness (QED) is 0.740. The van der Waals surface area contributed by atoms with Gasteiger partial charge in [0.15, 0.2) is 5.78 Å². The third kappa shape index (κ3) is 2.51. The summed E-state index contributed by atoms with van der Waals surface area (Å²) in [5.41, 5.74) is -2.07. The van der Waals surface area contributed by atoms with Gasteiger partial charge in [0.2, 0.25) is 0 Å². The van der Waals surface area contributed by atoms with Crippen LogP contribution in [0.25, 0.3) is 0 Å². The van der Waals surface area contributed by atoms with Crippen LogP contribution in [0.2, 0.25) is 0 Å². The van der Waals surface area contributed by atoms with E-state index in [0.717, 1.165) is 0 Å². The number of hydrogen-bond donors (Lipinski definition) is 1. The summed E-state index contributed by atoms with van der Waals surface area (Å²) in [4.78, 5) is 37.3. The van der Waals surface area contributed by atoms with Crippen LogP contribution in [-0.2, 0) is 14.3 Å². The number of carbonyl (C=O) groups excluding carboxylic acids is 2. The van der Waals surface area contributed by atoms with Gasteiger partial charge >= 0.3 is 12.1 Å². The van der Waals surface area contributed by atoms with Gasteiger partial charge in [-0.15, -0.1) is 0 Å². The molecule has 2 atom stereocenters. The molecular formula is C14H21NO5. The molecule has 1 N–H and O–H groups in total. The maximum Gasteiger partial charge on any atom is 0.410 e. The van der Waals surface area contributed by atoms with E-state index in [1.54, 1.807) is 20.8 Å². The van der Waals surface area contributed by atoms with Gasteiger partial charge in [-0.25, -0.2) is 4.79 Å². The highest BCUT2D eigenvalue weighted by molar-refractivity contribution is 6.06. The Morgan fingerprint density at radius 3 is 2.60 bits per heavy atom. The molecule has 1 saturated heterocycles. The second kappa shape index (κ2) is 4.75. The van der Waals surface area contributed by atoms with E-state index in [1.165, 1.54) is 4.90 Å². The minimum Gasteiger partial charge on any atom is -0.480 e. The lowest BCUT2D eigenvalue weighted by Gasteiger charge is -2.45. The Hall–Kier alpha value is -1.59. The van der Waals surface area contributed by atoms with Gasteiger partial charge in [-0.05, 0) is 33.6 Å². The molecule has 1 amide bonds. The molecule has 1 aliphatic heterocycles. The lowest BCUT2D eigenvalue weighted by molar-refractivity contribution is -0.164. The third-order valence-electron chi connectivity index (χ3n) is 3.96. The van der Waals surface area contributed by atoms with Crippen LogP contribution in [0.1, 0.15) is 40.0 Å². The topological polar surface area (TPSA) is 83.9 Å². The molecule has 2 fully saturated rings. The van der Waals surface area contributed by atoms with Gasteiger partial charge in [-0.1, -0.05) is 6.42 Å². The molecule has 6 nitrogen and oxygen atoms in total. The summed E-state index contributed by atoms with van der Waals surface area (Å²) in [5.74, 6) is -1.72. The summed E-state index contributed by atoms with van der Waals surface area (Å²) in [6.45, 7) is 5.46. The summed E-state index contributed by atoms with van der Waals surface area (Å²) in [5, 5.41) is 9.44. The van der Waals surface area contributed by atoms with E-state index in [-0.39, 0.29) is 24.8 Å². The molecule has 0 aromatic rings. The Balaban J connectivity index is 2.21. The van der Waals surface area contributed by atoms with Gasteiger partial charge < -0.3 is 14.7 Å². The van der Waals surface area contributed by atoms with Crippen LogP contribution in [0, 0.1) is 11.3 Å². The zero-order chi connectivity index (χ0) is 15.1. The smallest absolute Gasteiger partial charge is 0.410 e. The first-order valence-electron chi connectivity index (χ1n) is 6.91. The zero-order valence-corrected chi connectivity index (χ0v) is 12.1. The third-order valence-corrected chi connectivity index (χ3v) is 3.96. The van der Waals surface area contributed by atoms with Crippen LogP contribution in [0.3, 0.4) is 0 Å². The number of rotatable bonds is 1. The van der Waals surface area contributed by atoms with Crippen molar-refractivity contribution in [1.29, 1.82) is 0 Å². The van der Waals surface area contributed by atoms with Crippen molar-refractivity contribution in [2.45, 2.75) is 45.6 Å². The van der Waals surface area contributed by atoms with E-state index in [9.17, 15) is 19.5 Å². The standard InChI is InChI=1S/C14H21NO5/c1-13(2,3)20-12(19)15-7-9-5-4-6-14(8-15,10(9)16)11(17)18/h9H,4-8H2,1-3H3,(H,17,18). The number of fused-ring (bicyclic) bond motifs is 2. The van der Waals surface area contributed by atoms with Crippen molar-refractivity contribution < 1.29 is 24.2 Å². The number of ether oxygens (including phenoxy) is 1. The molecule has 0 radical (unpaired) electrons. The van der Waals surface area contributed by atoms with Gasteiger partial charge in [0.05, 0.1) is 0 Å². The fourth-order valence-corrected chi connectivity index (χ4v) is 3.03. The number of carbonyl (C=O) groups is 3. The first-order valence-corrected chi connectivity index (χ1v) is 6.91. The molecule has 6 heteroatoms. The molecule has 112 valence electrons. The zero-order valence-electron chi connectivity index (χ0n) is 12.1. The number of piperidine rings is 1. The number of amides is 1. The molecular weight excluding hydrogens is 262 g/mol. The number of nitrogens with zero attached hydrogens (tertiary/aromatic N) is 1. The van der Waals surface area contributed by atoms with E-state index in [1.807, 2.05) is 0 Å². The molecule has 1 aliphatic carbocycles. The fourth-order valence-electron chi connectivity index (χ4n) is 3.03. The van der Waals surface area contributed by atoms with Gasteiger partial charge in [0, 0.05) is 19.0 Å². The minimum absolute atomic E-state index is 0.0768. The van der Waals surface area contributed by atoms with Gasteiger partial charge in [-0.3, -0.25) is 9.59 Å². The number of carboxylic acids is 1. The number of Topliss-reactive ketones (excluding diaryl/α,β-unsaturated/α-hetero) is 1. The van der Waals surface area contributed by atoms with Gasteiger partial charge in [-0.2, -0.15) is 0 Å². The Bertz CT molecular complexity index is 453. The van der Waals surface area contributed by atoms with E-state index in [4.69, 9.17) is 4.74 Å². The van der Waals surface area contributed by atoms with E-state index in [2.05, 4.69) is 0 Å². The molecule has 0 aromatic heterocycles. The summed E-state index contributed by atoms with van der Waals surface area (Å²) >= 11 is 0. The highest BCUT2D eigenvalue weighted by atomic mass is 16.6. The molecule has 2 unspecified atom stereocenters. The van der Waals surface area contributed by atoms with Crippen LogP contribution in [0.15, 0.2) is 0 Å². The molecule has 2 aliphatic rings. The lowest BCUT2D eigenvalue weighted by Crippen LogP contribution is -2.61. The van der Waals surface area contributed by atoms with E-state index < -0.39 is 23.1 Å². The maximum absolute atomic E-state index is 12.3. The fraction of sp³-hybridized carbons (Fsp3) is 0.786. The van der Waals surface area contributed by atoms with Gasteiger partial charge in [0.25, 0.3) is 0 Å². The molecule has 20 heavy (non-hydrogen) atoms. The maximum atomic E-state index is 12.3. The average molecular weight is 283 g/mol. The first kappa shape index (κ1) is 14.8. The number of ketones is 1. The van der Waals surface area contributed by atoms with Crippen molar-refractivity contribution in [3.63, 3.8) is 0 Å². The summed E-state index contributed by atoms with van der Waals surface area (Å²) in [6, 6.07) is 0. The van der Waals surface area contributed by atoms with Crippen LogP contribution in [0.5, 0.6) is 0 Å². The second-order valence-corrected chi connectivity index (χ2v) is 6.70. The van der Waals surface area contributed by atoms with E-state index in [0.29, 0.717) is 19.3 Å². The Morgan fingerprint density at radius 2 is 2.05 bits per heavy atom. The number of hydrogen-bond acceptors (Lipinski definition) is 4. The monoisotopic (exact) mass is 283 g/mol. The second-order valence-electron chi connectivity index (χ2n) is 6.70. The molecule has 2 rings (SSSR count). The van der Waals surface area contributed by atoms with Crippen molar-refractivity contribution in [1.82, 2.24) is 4.90 Å².